The van der Waals surface area contributed by atoms with E-state index in [0.717, 1.165) is 18.6 Å². The fourth-order valence-electron chi connectivity index (χ4n) is 5.16. The molecule has 4 atom stereocenters. The van der Waals surface area contributed by atoms with Gasteiger partial charge in [-0.3, -0.25) is 9.59 Å². The summed E-state index contributed by atoms with van der Waals surface area (Å²) in [5, 5.41) is 6.12. The van der Waals surface area contributed by atoms with Crippen LogP contribution in [-0.2, 0) is 11.3 Å². The van der Waals surface area contributed by atoms with E-state index in [1.54, 1.807) is 31.6 Å². The van der Waals surface area contributed by atoms with Gasteiger partial charge in [0.25, 0.3) is 5.91 Å². The van der Waals surface area contributed by atoms with Crippen molar-refractivity contribution in [2.45, 2.75) is 38.0 Å². The largest absolute Gasteiger partial charge is 0.497 e. The summed E-state index contributed by atoms with van der Waals surface area (Å²) in [6, 6.07) is 8.91. The SMILES string of the molecule is COc1ccc2c(c1)OC1(CC3CCC1CC3C(=O)NCc1ccco1)NC2=O. The van der Waals surface area contributed by atoms with E-state index in [0.29, 0.717) is 36.4 Å². The second kappa shape index (κ2) is 6.83. The van der Waals surface area contributed by atoms with E-state index in [4.69, 9.17) is 13.9 Å². The van der Waals surface area contributed by atoms with Crippen LogP contribution in [0.5, 0.6) is 11.5 Å². The lowest BCUT2D eigenvalue weighted by Gasteiger charge is -2.55. The summed E-state index contributed by atoms with van der Waals surface area (Å²) >= 11 is 0. The number of rotatable bonds is 4. The number of methoxy groups -OCH3 is 1. The van der Waals surface area contributed by atoms with Gasteiger partial charge in [-0.25, -0.2) is 0 Å². The molecule has 0 radical (unpaired) electrons. The number of benzene rings is 1. The molecule has 3 aliphatic carbocycles. The van der Waals surface area contributed by atoms with Crippen molar-refractivity contribution in [2.24, 2.45) is 17.8 Å². The highest BCUT2D eigenvalue weighted by molar-refractivity contribution is 5.98. The van der Waals surface area contributed by atoms with Crippen molar-refractivity contribution in [3.05, 3.63) is 47.9 Å². The summed E-state index contributed by atoms with van der Waals surface area (Å²) in [6.07, 6.45) is 4.85. The van der Waals surface area contributed by atoms with Crippen molar-refractivity contribution in [2.75, 3.05) is 7.11 Å². The molecule has 1 aromatic heterocycles. The molecule has 3 saturated carbocycles. The van der Waals surface area contributed by atoms with Crippen molar-refractivity contribution in [3.8, 4) is 11.5 Å². The lowest BCUT2D eigenvalue weighted by Crippen LogP contribution is -2.66. The number of carbonyl (C=O) groups is 2. The lowest BCUT2D eigenvalue weighted by atomic mass is 9.60. The van der Waals surface area contributed by atoms with Crippen molar-refractivity contribution in [1.29, 1.82) is 0 Å². The lowest BCUT2D eigenvalue weighted by molar-refractivity contribution is -0.146. The van der Waals surface area contributed by atoms with Gasteiger partial charge in [-0.1, -0.05) is 0 Å². The Bertz CT molecular complexity index is 941. The molecule has 7 nitrogen and oxygen atoms in total. The van der Waals surface area contributed by atoms with E-state index in [1.807, 2.05) is 12.1 Å². The monoisotopic (exact) mass is 396 g/mol. The first-order chi connectivity index (χ1) is 14.1. The quantitative estimate of drug-likeness (QED) is 0.830. The molecule has 2 bridgehead atoms. The van der Waals surface area contributed by atoms with E-state index in [2.05, 4.69) is 10.6 Å². The molecule has 4 aliphatic rings. The Morgan fingerprint density at radius 1 is 1.34 bits per heavy atom. The molecule has 4 unspecified atom stereocenters. The minimum atomic E-state index is -0.739. The zero-order valence-corrected chi connectivity index (χ0v) is 16.3. The summed E-state index contributed by atoms with van der Waals surface area (Å²) in [6.45, 7) is 0.394. The summed E-state index contributed by atoms with van der Waals surface area (Å²) < 4.78 is 17.0. The number of fused-ring (bicyclic) bond motifs is 3. The maximum Gasteiger partial charge on any atom is 0.258 e. The molecule has 1 aromatic carbocycles. The normalized spacial score (nSPS) is 29.7. The number of hydrogen-bond donors (Lipinski definition) is 2. The first-order valence-corrected chi connectivity index (χ1v) is 10.1. The molecule has 2 N–H and O–H groups in total. The summed E-state index contributed by atoms with van der Waals surface area (Å²) in [4.78, 5) is 25.6. The summed E-state index contributed by atoms with van der Waals surface area (Å²) in [5.41, 5.74) is -0.220. The van der Waals surface area contributed by atoms with Crippen LogP contribution in [0.1, 0.15) is 41.8 Å². The van der Waals surface area contributed by atoms with Gasteiger partial charge in [0.2, 0.25) is 5.91 Å². The van der Waals surface area contributed by atoms with Crippen LogP contribution >= 0.6 is 0 Å². The number of furan rings is 1. The predicted molar refractivity (Wildman–Crippen MR) is 103 cm³/mol. The molecule has 2 amide bonds. The number of amides is 2. The maximum absolute atomic E-state index is 12.8. The Kier molecular flexibility index (Phi) is 4.26. The van der Waals surface area contributed by atoms with Crippen LogP contribution in [0, 0.1) is 17.8 Å². The topological polar surface area (TPSA) is 89.8 Å². The highest BCUT2D eigenvalue weighted by Gasteiger charge is 2.57. The van der Waals surface area contributed by atoms with Crippen LogP contribution in [0.25, 0.3) is 0 Å². The minimum Gasteiger partial charge on any atom is -0.497 e. The number of ether oxygens (including phenoxy) is 2. The molecule has 2 aromatic rings. The van der Waals surface area contributed by atoms with E-state index < -0.39 is 5.72 Å². The van der Waals surface area contributed by atoms with Crippen molar-refractivity contribution < 1.29 is 23.5 Å². The summed E-state index contributed by atoms with van der Waals surface area (Å²) in [7, 11) is 1.59. The van der Waals surface area contributed by atoms with E-state index in [-0.39, 0.29) is 29.6 Å². The zero-order valence-electron chi connectivity index (χ0n) is 16.3. The van der Waals surface area contributed by atoms with Crippen LogP contribution < -0.4 is 20.1 Å². The molecule has 2 heterocycles. The molecule has 7 heteroatoms. The Morgan fingerprint density at radius 3 is 2.97 bits per heavy atom. The second-order valence-corrected chi connectivity index (χ2v) is 8.19. The van der Waals surface area contributed by atoms with E-state index >= 15 is 0 Å². The van der Waals surface area contributed by atoms with E-state index in [1.165, 1.54) is 0 Å². The third-order valence-electron chi connectivity index (χ3n) is 6.62. The first-order valence-electron chi connectivity index (χ1n) is 10.1. The van der Waals surface area contributed by atoms with Crippen LogP contribution in [-0.4, -0.2) is 24.6 Å². The standard InChI is InChI=1S/C22H24N2O5/c1-27-15-6-7-17-19(10-15)29-22(24-21(17)26)11-13-4-5-14(22)9-18(13)20(25)23-12-16-3-2-8-28-16/h2-3,6-8,10,13-14,18H,4-5,9,11-12H2,1H3,(H,23,25)(H,24,26). The van der Waals surface area contributed by atoms with Gasteiger partial charge >= 0.3 is 0 Å². The molecule has 6 rings (SSSR count). The number of hydrogen-bond acceptors (Lipinski definition) is 5. The fourth-order valence-corrected chi connectivity index (χ4v) is 5.16. The highest BCUT2D eigenvalue weighted by atomic mass is 16.5. The van der Waals surface area contributed by atoms with Crippen LogP contribution in [0.3, 0.4) is 0 Å². The molecule has 1 aliphatic heterocycles. The highest BCUT2D eigenvalue weighted by Crippen LogP contribution is 2.52. The first kappa shape index (κ1) is 18.1. The fraction of sp³-hybridized carbons (Fsp3) is 0.455. The molecular formula is C22H24N2O5. The average molecular weight is 396 g/mol. The zero-order chi connectivity index (χ0) is 20.0. The van der Waals surface area contributed by atoms with Crippen LogP contribution in [0.2, 0.25) is 0 Å². The molecular weight excluding hydrogens is 372 g/mol. The van der Waals surface area contributed by atoms with Gasteiger partial charge in [0.05, 0.1) is 25.5 Å². The molecule has 3 fully saturated rings. The van der Waals surface area contributed by atoms with Crippen LogP contribution in [0.15, 0.2) is 41.0 Å². The smallest absolute Gasteiger partial charge is 0.258 e. The molecule has 152 valence electrons. The van der Waals surface area contributed by atoms with Gasteiger partial charge in [-0.05, 0) is 49.4 Å². The Morgan fingerprint density at radius 2 is 2.24 bits per heavy atom. The van der Waals surface area contributed by atoms with Crippen LogP contribution in [0.4, 0.5) is 0 Å². The summed E-state index contributed by atoms with van der Waals surface area (Å²) in [5.74, 6) is 2.07. The Hall–Kier alpha value is -2.96. The van der Waals surface area contributed by atoms with Gasteiger partial charge in [-0.2, -0.15) is 0 Å². The van der Waals surface area contributed by atoms with Gasteiger partial charge in [0.15, 0.2) is 5.72 Å². The molecule has 0 saturated heterocycles. The van der Waals surface area contributed by atoms with Crippen molar-refractivity contribution in [3.63, 3.8) is 0 Å². The maximum atomic E-state index is 12.8. The third kappa shape index (κ3) is 3.05. The Labute approximate surface area is 168 Å². The molecule has 29 heavy (non-hydrogen) atoms. The minimum absolute atomic E-state index is 0.0511. The van der Waals surface area contributed by atoms with Gasteiger partial charge in [0.1, 0.15) is 17.3 Å². The van der Waals surface area contributed by atoms with Crippen molar-refractivity contribution >= 4 is 11.8 Å². The van der Waals surface area contributed by atoms with Crippen molar-refractivity contribution in [1.82, 2.24) is 10.6 Å². The predicted octanol–water partition coefficient (Wildman–Crippen LogP) is 2.86. The van der Waals surface area contributed by atoms with Gasteiger partial charge < -0.3 is 24.5 Å². The van der Waals surface area contributed by atoms with E-state index in [9.17, 15) is 9.59 Å². The van der Waals surface area contributed by atoms with Gasteiger partial charge in [-0.15, -0.1) is 0 Å². The third-order valence-corrected chi connectivity index (χ3v) is 6.62. The molecule has 1 spiro atoms. The number of carbonyl (C=O) groups excluding carboxylic acids is 2. The van der Waals surface area contributed by atoms with Gasteiger partial charge in [0, 0.05) is 24.3 Å². The second-order valence-electron chi connectivity index (χ2n) is 8.19. The Balaban J connectivity index is 1.33. The number of nitrogens with one attached hydrogen (secondary N) is 2. The average Bonchev–Trinajstić information content (AvgIpc) is 3.25.